The Morgan fingerprint density at radius 1 is 1.25 bits per heavy atom. The molecule has 116 valence electrons. The Morgan fingerprint density at radius 3 is 2.50 bits per heavy atom. The van der Waals surface area contributed by atoms with Crippen LogP contribution in [0.2, 0.25) is 0 Å². The summed E-state index contributed by atoms with van der Waals surface area (Å²) in [5, 5.41) is 8.28. The van der Waals surface area contributed by atoms with Crippen LogP contribution < -0.4 is 5.32 Å². The molecule has 1 rings (SSSR count). The van der Waals surface area contributed by atoms with Gasteiger partial charge in [-0.1, -0.05) is 47.0 Å². The number of hydrogen-bond donors (Lipinski definition) is 1. The number of rotatable bonds is 10. The van der Waals surface area contributed by atoms with Crippen molar-refractivity contribution in [3.05, 3.63) is 17.5 Å². The van der Waals surface area contributed by atoms with Gasteiger partial charge in [0.1, 0.15) is 0 Å². The Hall–Kier alpha value is -0.830. The van der Waals surface area contributed by atoms with Crippen molar-refractivity contribution in [2.24, 2.45) is 13.0 Å². The zero-order chi connectivity index (χ0) is 15.0. The van der Waals surface area contributed by atoms with E-state index in [0.29, 0.717) is 6.04 Å². The maximum absolute atomic E-state index is 4.58. The summed E-state index contributed by atoms with van der Waals surface area (Å²) in [7, 11) is 2.07. The van der Waals surface area contributed by atoms with Crippen molar-refractivity contribution in [2.75, 3.05) is 6.54 Å². The third-order valence-corrected chi connectivity index (χ3v) is 4.31. The van der Waals surface area contributed by atoms with Crippen molar-refractivity contribution in [3.8, 4) is 0 Å². The molecule has 0 aliphatic heterocycles. The number of likely N-dealkylation sites (N-methyl/N-ethyl adjacent to an activating group) is 1. The summed E-state index contributed by atoms with van der Waals surface area (Å²) in [6.45, 7) is 10.0. The van der Waals surface area contributed by atoms with E-state index < -0.39 is 0 Å². The molecular weight excluding hydrogens is 246 g/mol. The molecule has 3 heteroatoms. The van der Waals surface area contributed by atoms with Gasteiger partial charge in [0.05, 0.1) is 5.69 Å². The molecule has 0 saturated heterocycles. The summed E-state index contributed by atoms with van der Waals surface area (Å²) in [4.78, 5) is 0. The van der Waals surface area contributed by atoms with Crippen molar-refractivity contribution in [2.45, 2.75) is 72.3 Å². The first-order valence-corrected chi connectivity index (χ1v) is 8.41. The van der Waals surface area contributed by atoms with Gasteiger partial charge in [-0.3, -0.25) is 4.68 Å². The average molecular weight is 279 g/mol. The molecule has 1 aromatic heterocycles. The van der Waals surface area contributed by atoms with Crippen LogP contribution in [0, 0.1) is 5.92 Å². The van der Waals surface area contributed by atoms with Crippen molar-refractivity contribution in [1.82, 2.24) is 15.1 Å². The minimum atomic E-state index is 0.580. The molecule has 0 fully saturated rings. The van der Waals surface area contributed by atoms with Gasteiger partial charge < -0.3 is 5.32 Å². The number of aryl methyl sites for hydroxylation is 2. The van der Waals surface area contributed by atoms with Crippen molar-refractivity contribution in [1.29, 1.82) is 0 Å². The van der Waals surface area contributed by atoms with Crippen LogP contribution in [-0.2, 0) is 19.9 Å². The van der Waals surface area contributed by atoms with Crippen molar-refractivity contribution < 1.29 is 0 Å². The maximum atomic E-state index is 4.58. The van der Waals surface area contributed by atoms with Gasteiger partial charge >= 0.3 is 0 Å². The zero-order valence-corrected chi connectivity index (χ0v) is 14.1. The van der Waals surface area contributed by atoms with E-state index in [1.807, 2.05) is 0 Å². The first-order chi connectivity index (χ1) is 9.65. The number of nitrogens with one attached hydrogen (secondary N) is 1. The van der Waals surface area contributed by atoms with Crippen LogP contribution in [0.4, 0.5) is 0 Å². The Morgan fingerprint density at radius 2 is 2.00 bits per heavy atom. The summed E-state index contributed by atoms with van der Waals surface area (Å²) >= 11 is 0. The maximum Gasteiger partial charge on any atom is 0.0624 e. The zero-order valence-electron chi connectivity index (χ0n) is 14.1. The quantitative estimate of drug-likeness (QED) is 0.707. The normalized spacial score (nSPS) is 14.4. The Kier molecular flexibility index (Phi) is 7.90. The van der Waals surface area contributed by atoms with Gasteiger partial charge in [0.15, 0.2) is 0 Å². The first-order valence-electron chi connectivity index (χ1n) is 8.41. The first kappa shape index (κ1) is 17.2. The lowest BCUT2D eigenvalue weighted by Crippen LogP contribution is -2.38. The third kappa shape index (κ3) is 4.93. The SMILES string of the molecule is CCCCC(CC)C(Cc1cc(CC)nn1C)NCC. The second-order valence-electron chi connectivity index (χ2n) is 5.78. The second kappa shape index (κ2) is 9.17. The Balaban J connectivity index is 2.75. The van der Waals surface area contributed by atoms with Gasteiger partial charge in [-0.25, -0.2) is 0 Å². The summed E-state index contributed by atoms with van der Waals surface area (Å²) in [5.41, 5.74) is 2.57. The average Bonchev–Trinajstić information content (AvgIpc) is 2.80. The standard InChI is InChI=1S/C17H33N3/c1-6-10-11-14(7-2)17(18-9-4)13-16-12-15(8-3)19-20(16)5/h12,14,17-18H,6-11,13H2,1-5H3. The molecule has 1 heterocycles. The minimum Gasteiger partial charge on any atom is -0.314 e. The summed E-state index contributed by atoms with van der Waals surface area (Å²) in [5.74, 6) is 0.773. The van der Waals surface area contributed by atoms with E-state index in [4.69, 9.17) is 0 Å². The van der Waals surface area contributed by atoms with Crippen LogP contribution in [-0.4, -0.2) is 22.4 Å². The fourth-order valence-electron chi connectivity index (χ4n) is 2.98. The predicted octanol–water partition coefficient (Wildman–Crippen LogP) is 3.72. The highest BCUT2D eigenvalue weighted by Crippen LogP contribution is 2.20. The molecule has 0 amide bonds. The minimum absolute atomic E-state index is 0.580. The molecule has 0 spiro atoms. The van der Waals surface area contributed by atoms with E-state index in [9.17, 15) is 0 Å². The van der Waals surface area contributed by atoms with Crippen LogP contribution in [0.15, 0.2) is 6.07 Å². The number of nitrogens with zero attached hydrogens (tertiary/aromatic N) is 2. The highest BCUT2D eigenvalue weighted by molar-refractivity contribution is 5.12. The molecule has 1 aromatic rings. The van der Waals surface area contributed by atoms with Gasteiger partial charge in [-0.15, -0.1) is 0 Å². The summed E-state index contributed by atoms with van der Waals surface area (Å²) in [6.07, 6.45) is 7.35. The van der Waals surface area contributed by atoms with E-state index in [1.54, 1.807) is 0 Å². The lowest BCUT2D eigenvalue weighted by molar-refractivity contribution is 0.315. The molecule has 0 aromatic carbocycles. The number of aromatic nitrogens is 2. The second-order valence-corrected chi connectivity index (χ2v) is 5.78. The van der Waals surface area contributed by atoms with Crippen molar-refractivity contribution in [3.63, 3.8) is 0 Å². The highest BCUT2D eigenvalue weighted by Gasteiger charge is 2.20. The van der Waals surface area contributed by atoms with E-state index >= 15 is 0 Å². The van der Waals surface area contributed by atoms with Crippen LogP contribution in [0.1, 0.15) is 64.8 Å². The van der Waals surface area contributed by atoms with Gasteiger partial charge in [0, 0.05) is 25.2 Å². The lowest BCUT2D eigenvalue weighted by Gasteiger charge is -2.27. The van der Waals surface area contributed by atoms with Gasteiger partial charge in [-0.05, 0) is 31.4 Å². The molecular formula is C17H33N3. The molecule has 20 heavy (non-hydrogen) atoms. The van der Waals surface area contributed by atoms with Crippen molar-refractivity contribution >= 4 is 0 Å². The fourth-order valence-corrected chi connectivity index (χ4v) is 2.98. The van der Waals surface area contributed by atoms with E-state index in [2.05, 4.69) is 55.9 Å². The van der Waals surface area contributed by atoms with E-state index in [-0.39, 0.29) is 0 Å². The van der Waals surface area contributed by atoms with E-state index in [0.717, 1.165) is 25.3 Å². The Bertz CT molecular complexity index is 370. The smallest absolute Gasteiger partial charge is 0.0624 e. The highest BCUT2D eigenvalue weighted by atomic mass is 15.3. The third-order valence-electron chi connectivity index (χ3n) is 4.31. The molecule has 2 unspecified atom stereocenters. The molecule has 0 aliphatic rings. The van der Waals surface area contributed by atoms with Gasteiger partial charge in [-0.2, -0.15) is 5.10 Å². The number of hydrogen-bond acceptors (Lipinski definition) is 2. The molecule has 3 nitrogen and oxygen atoms in total. The van der Waals surface area contributed by atoms with Crippen LogP contribution in [0.3, 0.4) is 0 Å². The van der Waals surface area contributed by atoms with Gasteiger partial charge in [0.2, 0.25) is 0 Å². The monoisotopic (exact) mass is 279 g/mol. The summed E-state index contributed by atoms with van der Waals surface area (Å²) in [6, 6.07) is 2.85. The Labute approximate surface area is 125 Å². The van der Waals surface area contributed by atoms with Crippen LogP contribution in [0.5, 0.6) is 0 Å². The molecule has 0 radical (unpaired) electrons. The largest absolute Gasteiger partial charge is 0.314 e. The molecule has 0 aliphatic carbocycles. The fraction of sp³-hybridized carbons (Fsp3) is 0.824. The summed E-state index contributed by atoms with van der Waals surface area (Å²) < 4.78 is 2.07. The van der Waals surface area contributed by atoms with Crippen LogP contribution in [0.25, 0.3) is 0 Å². The predicted molar refractivity (Wildman–Crippen MR) is 87.1 cm³/mol. The lowest BCUT2D eigenvalue weighted by atomic mass is 9.88. The number of unbranched alkanes of at least 4 members (excludes halogenated alkanes) is 1. The molecule has 1 N–H and O–H groups in total. The van der Waals surface area contributed by atoms with E-state index in [1.165, 1.54) is 37.1 Å². The topological polar surface area (TPSA) is 29.9 Å². The van der Waals surface area contributed by atoms with Gasteiger partial charge in [0.25, 0.3) is 0 Å². The van der Waals surface area contributed by atoms with Crippen LogP contribution >= 0.6 is 0 Å². The molecule has 2 atom stereocenters. The molecule has 0 saturated carbocycles. The molecule has 0 bridgehead atoms.